The minimum absolute atomic E-state index is 0.985. The molecule has 1 N–H and O–H groups in total. The van der Waals surface area contributed by atoms with Crippen LogP contribution < -0.4 is 5.32 Å². The van der Waals surface area contributed by atoms with Crippen molar-refractivity contribution in [2.75, 3.05) is 13.1 Å². The first kappa shape index (κ1) is 14.4. The maximum Gasteiger partial charge on any atom is -0.00179 e. The maximum atomic E-state index is 3.61. The Bertz CT molecular complexity index is 226. The van der Waals surface area contributed by atoms with Crippen LogP contribution in [0.5, 0.6) is 0 Å². The number of rotatable bonds is 5. The van der Waals surface area contributed by atoms with Gasteiger partial charge in [-0.2, -0.15) is 0 Å². The predicted octanol–water partition coefficient (Wildman–Crippen LogP) is 4.62. The van der Waals surface area contributed by atoms with E-state index in [0.29, 0.717) is 0 Å². The van der Waals surface area contributed by atoms with Crippen molar-refractivity contribution in [1.82, 2.24) is 5.32 Å². The summed E-state index contributed by atoms with van der Waals surface area (Å²) in [6.07, 6.45) is 13.5. The van der Waals surface area contributed by atoms with Crippen LogP contribution in [0.3, 0.4) is 0 Å². The Morgan fingerprint density at radius 1 is 0.944 bits per heavy atom. The van der Waals surface area contributed by atoms with E-state index in [4.69, 9.17) is 0 Å². The summed E-state index contributed by atoms with van der Waals surface area (Å²) in [5, 5.41) is 3.61. The van der Waals surface area contributed by atoms with Gasteiger partial charge >= 0.3 is 0 Å². The van der Waals surface area contributed by atoms with Gasteiger partial charge in [0.2, 0.25) is 0 Å². The fourth-order valence-electron chi connectivity index (χ4n) is 4.53. The van der Waals surface area contributed by atoms with Crippen LogP contribution in [0.15, 0.2) is 0 Å². The Labute approximate surface area is 114 Å². The smallest absolute Gasteiger partial charge is 0.00179 e. The van der Waals surface area contributed by atoms with Gasteiger partial charge in [-0.15, -0.1) is 0 Å². The lowest BCUT2D eigenvalue weighted by Crippen LogP contribution is -2.36. The summed E-state index contributed by atoms with van der Waals surface area (Å²) in [4.78, 5) is 0. The molecule has 2 fully saturated rings. The predicted molar refractivity (Wildman–Crippen MR) is 79.7 cm³/mol. The van der Waals surface area contributed by atoms with E-state index >= 15 is 0 Å². The highest BCUT2D eigenvalue weighted by molar-refractivity contribution is 4.85. The molecule has 0 heterocycles. The third-order valence-electron chi connectivity index (χ3n) is 5.63. The van der Waals surface area contributed by atoms with Gasteiger partial charge in [-0.05, 0) is 56.0 Å². The molecular formula is C17H33N. The van der Waals surface area contributed by atoms with E-state index in [0.717, 1.165) is 30.2 Å². The molecule has 0 aromatic carbocycles. The van der Waals surface area contributed by atoms with Gasteiger partial charge in [0.25, 0.3) is 0 Å². The highest BCUT2D eigenvalue weighted by atomic mass is 14.8. The quantitative estimate of drug-likeness (QED) is 0.752. The molecule has 0 aromatic heterocycles. The average molecular weight is 251 g/mol. The summed E-state index contributed by atoms with van der Waals surface area (Å²) < 4.78 is 0. The Balaban J connectivity index is 1.90. The minimum atomic E-state index is 0.985. The van der Waals surface area contributed by atoms with Crippen molar-refractivity contribution in [1.29, 1.82) is 0 Å². The Morgan fingerprint density at radius 3 is 2.56 bits per heavy atom. The van der Waals surface area contributed by atoms with Gasteiger partial charge in [-0.25, -0.2) is 0 Å². The second-order valence-corrected chi connectivity index (χ2v) is 6.72. The fraction of sp³-hybridized carbons (Fsp3) is 1.00. The molecule has 0 saturated heterocycles. The first-order valence-electron chi connectivity index (χ1n) is 8.55. The summed E-state index contributed by atoms with van der Waals surface area (Å²) in [6.45, 7) is 7.07. The Morgan fingerprint density at radius 2 is 1.78 bits per heavy atom. The molecule has 2 aliphatic carbocycles. The molecule has 2 rings (SSSR count). The van der Waals surface area contributed by atoms with Crippen molar-refractivity contribution in [3.05, 3.63) is 0 Å². The second kappa shape index (κ2) is 7.53. The van der Waals surface area contributed by atoms with Gasteiger partial charge in [0.1, 0.15) is 0 Å². The lowest BCUT2D eigenvalue weighted by atomic mass is 9.66. The molecule has 0 amide bonds. The minimum Gasteiger partial charge on any atom is -0.317 e. The van der Waals surface area contributed by atoms with Crippen LogP contribution in [0.4, 0.5) is 0 Å². The summed E-state index contributed by atoms with van der Waals surface area (Å²) in [7, 11) is 0. The lowest BCUT2D eigenvalue weighted by molar-refractivity contribution is 0.105. The normalized spacial score (nSPS) is 37.7. The zero-order valence-corrected chi connectivity index (χ0v) is 12.6. The van der Waals surface area contributed by atoms with Crippen molar-refractivity contribution in [2.45, 2.75) is 71.6 Å². The van der Waals surface area contributed by atoms with Crippen LogP contribution >= 0.6 is 0 Å². The first-order chi connectivity index (χ1) is 8.85. The average Bonchev–Trinajstić information content (AvgIpc) is 2.45. The molecular weight excluding hydrogens is 218 g/mol. The molecule has 4 unspecified atom stereocenters. The molecule has 1 nitrogen and oxygen atoms in total. The standard InChI is InChI=1S/C17H33N/c1-3-14-8-7-10-15(12-14)17-11-6-5-9-16(17)13-18-4-2/h14-18H,3-13H2,1-2H3. The number of hydrogen-bond donors (Lipinski definition) is 1. The van der Waals surface area contributed by atoms with Gasteiger partial charge in [-0.1, -0.05) is 52.4 Å². The Hall–Kier alpha value is -0.0400. The molecule has 0 radical (unpaired) electrons. The third kappa shape index (κ3) is 3.73. The fourth-order valence-corrected chi connectivity index (χ4v) is 4.53. The van der Waals surface area contributed by atoms with E-state index in [1.807, 2.05) is 0 Å². The first-order valence-corrected chi connectivity index (χ1v) is 8.55. The Kier molecular flexibility index (Phi) is 6.01. The third-order valence-corrected chi connectivity index (χ3v) is 5.63. The van der Waals surface area contributed by atoms with Crippen molar-refractivity contribution in [3.8, 4) is 0 Å². The molecule has 106 valence electrons. The van der Waals surface area contributed by atoms with Gasteiger partial charge in [0.15, 0.2) is 0 Å². The van der Waals surface area contributed by atoms with Crippen LogP contribution in [0.1, 0.15) is 71.6 Å². The van der Waals surface area contributed by atoms with Gasteiger partial charge in [-0.3, -0.25) is 0 Å². The summed E-state index contributed by atoms with van der Waals surface area (Å²) >= 11 is 0. The van der Waals surface area contributed by atoms with Gasteiger partial charge in [0.05, 0.1) is 0 Å². The van der Waals surface area contributed by atoms with E-state index < -0.39 is 0 Å². The van der Waals surface area contributed by atoms with Crippen LogP contribution in [0.2, 0.25) is 0 Å². The topological polar surface area (TPSA) is 12.0 Å². The van der Waals surface area contributed by atoms with Gasteiger partial charge < -0.3 is 5.32 Å². The lowest BCUT2D eigenvalue weighted by Gasteiger charge is -2.41. The van der Waals surface area contributed by atoms with E-state index in [-0.39, 0.29) is 0 Å². The highest BCUT2D eigenvalue weighted by Gasteiger charge is 2.33. The van der Waals surface area contributed by atoms with Crippen LogP contribution in [0.25, 0.3) is 0 Å². The second-order valence-electron chi connectivity index (χ2n) is 6.72. The van der Waals surface area contributed by atoms with Crippen molar-refractivity contribution in [2.24, 2.45) is 23.7 Å². The van der Waals surface area contributed by atoms with Crippen molar-refractivity contribution in [3.63, 3.8) is 0 Å². The largest absolute Gasteiger partial charge is 0.317 e. The number of hydrogen-bond acceptors (Lipinski definition) is 1. The zero-order valence-electron chi connectivity index (χ0n) is 12.6. The molecule has 2 saturated carbocycles. The molecule has 18 heavy (non-hydrogen) atoms. The van der Waals surface area contributed by atoms with E-state index in [2.05, 4.69) is 19.2 Å². The molecule has 2 aliphatic rings. The monoisotopic (exact) mass is 251 g/mol. The zero-order chi connectivity index (χ0) is 12.8. The van der Waals surface area contributed by atoms with E-state index in [1.54, 1.807) is 6.42 Å². The molecule has 0 spiro atoms. The SMILES string of the molecule is CCNCC1CCCCC1C1CCCC(CC)C1. The summed E-state index contributed by atoms with van der Waals surface area (Å²) in [5.41, 5.74) is 0. The molecule has 0 bridgehead atoms. The molecule has 4 atom stereocenters. The van der Waals surface area contributed by atoms with E-state index in [1.165, 1.54) is 57.9 Å². The van der Waals surface area contributed by atoms with E-state index in [9.17, 15) is 0 Å². The highest BCUT2D eigenvalue weighted by Crippen LogP contribution is 2.43. The van der Waals surface area contributed by atoms with Crippen LogP contribution in [0, 0.1) is 23.7 Å². The van der Waals surface area contributed by atoms with Crippen molar-refractivity contribution < 1.29 is 0 Å². The number of nitrogens with one attached hydrogen (secondary N) is 1. The summed E-state index contributed by atoms with van der Waals surface area (Å²) in [5.74, 6) is 4.14. The maximum absolute atomic E-state index is 3.61. The van der Waals surface area contributed by atoms with Crippen molar-refractivity contribution >= 4 is 0 Å². The van der Waals surface area contributed by atoms with Crippen LogP contribution in [-0.4, -0.2) is 13.1 Å². The van der Waals surface area contributed by atoms with Gasteiger partial charge in [0, 0.05) is 0 Å². The summed E-state index contributed by atoms with van der Waals surface area (Å²) in [6, 6.07) is 0. The molecule has 0 aromatic rings. The van der Waals surface area contributed by atoms with Crippen LogP contribution in [-0.2, 0) is 0 Å². The molecule has 1 heteroatoms. The molecule has 0 aliphatic heterocycles.